The number of aliphatic hydroxyl groups is 1. The van der Waals surface area contributed by atoms with Gasteiger partial charge in [-0.2, -0.15) is 0 Å². The van der Waals surface area contributed by atoms with Gasteiger partial charge in [0, 0.05) is 19.3 Å². The minimum atomic E-state index is -0.671. The third-order valence-corrected chi connectivity index (χ3v) is 2.79. The van der Waals surface area contributed by atoms with Crippen LogP contribution in [-0.4, -0.2) is 56.3 Å². The van der Waals surface area contributed by atoms with Crippen molar-refractivity contribution in [2.24, 2.45) is 0 Å². The highest BCUT2D eigenvalue weighted by Gasteiger charge is 2.09. The van der Waals surface area contributed by atoms with Gasteiger partial charge < -0.3 is 24.6 Å². The van der Waals surface area contributed by atoms with Crippen LogP contribution >= 0.6 is 0 Å². The van der Waals surface area contributed by atoms with Crippen LogP contribution in [0.4, 0.5) is 0 Å². The van der Waals surface area contributed by atoms with Gasteiger partial charge >= 0.3 is 0 Å². The Hall–Kier alpha value is -1.21. The molecule has 0 aromatic carbocycles. The summed E-state index contributed by atoms with van der Waals surface area (Å²) in [5, 5.41) is 13.0. The van der Waals surface area contributed by atoms with Crippen molar-refractivity contribution in [3.05, 3.63) is 23.5 Å². The molecule has 1 heterocycles. The predicted molar refractivity (Wildman–Crippen MR) is 80.6 cm³/mol. The molecule has 21 heavy (non-hydrogen) atoms. The van der Waals surface area contributed by atoms with E-state index in [-0.39, 0.29) is 13.2 Å². The van der Waals surface area contributed by atoms with Crippen LogP contribution in [0.15, 0.2) is 12.1 Å². The Morgan fingerprint density at radius 1 is 1.29 bits per heavy atom. The van der Waals surface area contributed by atoms with E-state index < -0.39 is 6.10 Å². The molecule has 0 aliphatic rings. The van der Waals surface area contributed by atoms with Crippen molar-refractivity contribution in [1.29, 1.82) is 0 Å². The Morgan fingerprint density at radius 2 is 2.10 bits per heavy atom. The Morgan fingerprint density at radius 3 is 2.81 bits per heavy atom. The smallest absolute Gasteiger partial charge is 0.142 e. The van der Waals surface area contributed by atoms with Gasteiger partial charge in [0.25, 0.3) is 0 Å². The second-order valence-electron chi connectivity index (χ2n) is 4.71. The molecule has 0 spiro atoms. The van der Waals surface area contributed by atoms with Crippen molar-refractivity contribution in [3.8, 4) is 5.75 Å². The summed E-state index contributed by atoms with van der Waals surface area (Å²) in [7, 11) is 1.61. The van der Waals surface area contributed by atoms with Crippen molar-refractivity contribution in [1.82, 2.24) is 10.3 Å². The molecule has 120 valence electrons. The fourth-order valence-electron chi connectivity index (χ4n) is 1.69. The first-order chi connectivity index (χ1) is 10.2. The molecule has 6 nitrogen and oxygen atoms in total. The highest BCUT2D eigenvalue weighted by molar-refractivity contribution is 5.29. The molecule has 1 aromatic rings. The largest absolute Gasteiger partial charge is 0.489 e. The second-order valence-corrected chi connectivity index (χ2v) is 4.71. The highest BCUT2D eigenvalue weighted by atomic mass is 16.5. The standard InChI is InChI=1S/C15H26N2O4/c1-4-16-9-14-15(6-5-12(2)17-14)21-11-13(18)10-20-8-7-19-3/h5-6,13,16,18H,4,7-11H2,1-3H3. The zero-order valence-electron chi connectivity index (χ0n) is 13.1. The average Bonchev–Trinajstić information content (AvgIpc) is 2.48. The SMILES string of the molecule is CCNCc1nc(C)ccc1OCC(O)COCCOC. The van der Waals surface area contributed by atoms with Crippen LogP contribution in [-0.2, 0) is 16.0 Å². The van der Waals surface area contributed by atoms with E-state index in [4.69, 9.17) is 14.2 Å². The molecule has 0 saturated carbocycles. The van der Waals surface area contributed by atoms with Gasteiger partial charge in [0.2, 0.25) is 0 Å². The van der Waals surface area contributed by atoms with Gasteiger partial charge in [-0.1, -0.05) is 6.92 Å². The lowest BCUT2D eigenvalue weighted by Crippen LogP contribution is -2.25. The van der Waals surface area contributed by atoms with Crippen LogP contribution in [0.3, 0.4) is 0 Å². The molecule has 0 aliphatic carbocycles. The Kier molecular flexibility index (Phi) is 8.93. The highest BCUT2D eigenvalue weighted by Crippen LogP contribution is 2.17. The van der Waals surface area contributed by atoms with E-state index in [0.717, 1.165) is 17.9 Å². The molecule has 1 atom stereocenters. The van der Waals surface area contributed by atoms with Gasteiger partial charge in [0.15, 0.2) is 0 Å². The van der Waals surface area contributed by atoms with Crippen LogP contribution < -0.4 is 10.1 Å². The number of aryl methyl sites for hydroxylation is 1. The average molecular weight is 298 g/mol. The topological polar surface area (TPSA) is 72.8 Å². The lowest BCUT2D eigenvalue weighted by atomic mass is 10.2. The van der Waals surface area contributed by atoms with E-state index in [2.05, 4.69) is 10.3 Å². The van der Waals surface area contributed by atoms with Crippen molar-refractivity contribution in [2.45, 2.75) is 26.5 Å². The summed E-state index contributed by atoms with van der Waals surface area (Å²) in [5.74, 6) is 0.692. The molecule has 0 fully saturated rings. The maximum atomic E-state index is 9.80. The molecular formula is C15H26N2O4. The van der Waals surface area contributed by atoms with Gasteiger partial charge in [0.05, 0.1) is 25.5 Å². The van der Waals surface area contributed by atoms with Gasteiger partial charge in [0.1, 0.15) is 18.5 Å². The number of aliphatic hydroxyl groups excluding tert-OH is 1. The van der Waals surface area contributed by atoms with Crippen molar-refractivity contribution in [3.63, 3.8) is 0 Å². The summed E-state index contributed by atoms with van der Waals surface area (Å²) in [4.78, 5) is 4.46. The molecule has 2 N–H and O–H groups in total. The first kappa shape index (κ1) is 17.8. The number of rotatable bonds is 11. The van der Waals surface area contributed by atoms with Gasteiger partial charge in [-0.05, 0) is 25.6 Å². The summed E-state index contributed by atoms with van der Waals surface area (Å²) in [6.07, 6.45) is -0.671. The van der Waals surface area contributed by atoms with Crippen molar-refractivity contribution < 1.29 is 19.3 Å². The van der Waals surface area contributed by atoms with Crippen LogP contribution in [0.1, 0.15) is 18.3 Å². The lowest BCUT2D eigenvalue weighted by Gasteiger charge is -2.15. The first-order valence-corrected chi connectivity index (χ1v) is 7.22. The van der Waals surface area contributed by atoms with Crippen LogP contribution in [0.5, 0.6) is 5.75 Å². The normalized spacial score (nSPS) is 12.4. The zero-order chi connectivity index (χ0) is 15.5. The number of ether oxygens (including phenoxy) is 3. The molecule has 0 saturated heterocycles. The van der Waals surface area contributed by atoms with Crippen LogP contribution in [0.2, 0.25) is 0 Å². The number of hydrogen-bond donors (Lipinski definition) is 2. The van der Waals surface area contributed by atoms with Gasteiger partial charge in [-0.25, -0.2) is 0 Å². The maximum Gasteiger partial charge on any atom is 0.142 e. The minimum absolute atomic E-state index is 0.177. The summed E-state index contributed by atoms with van der Waals surface area (Å²) in [5.41, 5.74) is 1.79. The summed E-state index contributed by atoms with van der Waals surface area (Å²) < 4.78 is 15.8. The third kappa shape index (κ3) is 7.38. The Labute approximate surface area is 126 Å². The third-order valence-electron chi connectivity index (χ3n) is 2.79. The molecular weight excluding hydrogens is 272 g/mol. The second kappa shape index (κ2) is 10.5. The van der Waals surface area contributed by atoms with E-state index in [9.17, 15) is 5.11 Å². The number of aromatic nitrogens is 1. The fraction of sp³-hybridized carbons (Fsp3) is 0.667. The van der Waals surface area contributed by atoms with E-state index in [1.54, 1.807) is 7.11 Å². The van der Waals surface area contributed by atoms with E-state index >= 15 is 0 Å². The van der Waals surface area contributed by atoms with Crippen LogP contribution in [0.25, 0.3) is 0 Å². The lowest BCUT2D eigenvalue weighted by molar-refractivity contribution is -0.00439. The predicted octanol–water partition coefficient (Wildman–Crippen LogP) is 0.902. The number of methoxy groups -OCH3 is 1. The molecule has 0 bridgehead atoms. The molecule has 0 amide bonds. The minimum Gasteiger partial charge on any atom is -0.489 e. The first-order valence-electron chi connectivity index (χ1n) is 7.22. The van der Waals surface area contributed by atoms with E-state index in [0.29, 0.717) is 25.5 Å². The molecule has 0 aliphatic heterocycles. The number of nitrogens with zero attached hydrogens (tertiary/aromatic N) is 1. The van der Waals surface area contributed by atoms with Crippen LogP contribution in [0, 0.1) is 6.92 Å². The number of nitrogens with one attached hydrogen (secondary N) is 1. The van der Waals surface area contributed by atoms with E-state index in [1.807, 2.05) is 26.0 Å². The van der Waals surface area contributed by atoms with Crippen molar-refractivity contribution in [2.75, 3.05) is 40.1 Å². The zero-order valence-corrected chi connectivity index (χ0v) is 13.1. The van der Waals surface area contributed by atoms with Gasteiger partial charge in [-0.3, -0.25) is 4.98 Å². The molecule has 0 radical (unpaired) electrons. The molecule has 1 aromatic heterocycles. The molecule has 1 rings (SSSR count). The number of hydrogen-bond acceptors (Lipinski definition) is 6. The Balaban J connectivity index is 2.42. The van der Waals surface area contributed by atoms with Crippen molar-refractivity contribution >= 4 is 0 Å². The van der Waals surface area contributed by atoms with Gasteiger partial charge in [-0.15, -0.1) is 0 Å². The summed E-state index contributed by atoms with van der Waals surface area (Å²) >= 11 is 0. The summed E-state index contributed by atoms with van der Waals surface area (Å²) in [6, 6.07) is 3.78. The Bertz CT molecular complexity index is 401. The maximum absolute atomic E-state index is 9.80. The molecule has 1 unspecified atom stereocenters. The van der Waals surface area contributed by atoms with E-state index in [1.165, 1.54) is 0 Å². The molecule has 6 heteroatoms. The monoisotopic (exact) mass is 298 g/mol. The fourth-order valence-corrected chi connectivity index (χ4v) is 1.69. The summed E-state index contributed by atoms with van der Waals surface area (Å²) in [6.45, 7) is 6.88. The number of pyridine rings is 1. The quantitative estimate of drug-likeness (QED) is 0.591.